The van der Waals surface area contributed by atoms with Gasteiger partial charge < -0.3 is 4.57 Å². The summed E-state index contributed by atoms with van der Waals surface area (Å²) in [6.07, 6.45) is 3.75. The second kappa shape index (κ2) is 2.35. The van der Waals surface area contributed by atoms with E-state index in [1.165, 1.54) is 3.70 Å². The van der Waals surface area contributed by atoms with E-state index in [2.05, 4.69) is 29.2 Å². The number of hydrogen-bond acceptors (Lipinski definition) is 0. The van der Waals surface area contributed by atoms with Crippen molar-refractivity contribution in [2.75, 3.05) is 0 Å². The molecule has 1 heterocycles. The highest BCUT2D eigenvalue weighted by atomic mass is 127. The van der Waals surface area contributed by atoms with Gasteiger partial charge in [-0.1, -0.05) is 6.58 Å². The van der Waals surface area contributed by atoms with E-state index in [1.807, 2.05) is 22.9 Å². The monoisotopic (exact) mass is 219 g/mol. The van der Waals surface area contributed by atoms with Crippen molar-refractivity contribution in [2.24, 2.45) is 0 Å². The van der Waals surface area contributed by atoms with Crippen molar-refractivity contribution in [3.63, 3.8) is 0 Å². The first-order valence-electron chi connectivity index (χ1n) is 2.29. The predicted octanol–water partition coefficient (Wildman–Crippen LogP) is 2.19. The molecular formula is C6H6IN. The average Bonchev–Trinajstić information content (AvgIpc) is 2.14. The topological polar surface area (TPSA) is 4.93 Å². The molecule has 0 fully saturated rings. The third-order valence-electron chi connectivity index (χ3n) is 0.924. The summed E-state index contributed by atoms with van der Waals surface area (Å²) in [4.78, 5) is 0. The molecule has 0 unspecified atom stereocenters. The molecule has 0 aromatic carbocycles. The molecular weight excluding hydrogens is 213 g/mol. The summed E-state index contributed by atoms with van der Waals surface area (Å²) >= 11 is 2.25. The fraction of sp³-hybridized carbons (Fsp3) is 0. The highest BCUT2D eigenvalue weighted by Crippen LogP contribution is 2.04. The molecule has 0 aliphatic heterocycles. The van der Waals surface area contributed by atoms with Crippen LogP contribution in [0.3, 0.4) is 0 Å². The predicted molar refractivity (Wildman–Crippen MR) is 43.5 cm³/mol. The summed E-state index contributed by atoms with van der Waals surface area (Å²) in [5, 5.41) is 0. The van der Waals surface area contributed by atoms with Gasteiger partial charge in [-0.05, 0) is 34.7 Å². The molecule has 0 N–H and O–H groups in total. The van der Waals surface area contributed by atoms with Gasteiger partial charge in [-0.25, -0.2) is 0 Å². The Bertz CT molecular complexity index is 190. The number of nitrogens with zero attached hydrogens (tertiary/aromatic N) is 1. The summed E-state index contributed by atoms with van der Waals surface area (Å²) in [7, 11) is 0. The maximum atomic E-state index is 3.62. The Morgan fingerprint density at radius 2 is 2.50 bits per heavy atom. The summed E-state index contributed by atoms with van der Waals surface area (Å²) in [5.41, 5.74) is 0. The van der Waals surface area contributed by atoms with Crippen LogP contribution in [0.1, 0.15) is 0 Å². The number of rotatable bonds is 1. The molecule has 0 aliphatic rings. The highest BCUT2D eigenvalue weighted by molar-refractivity contribution is 14.1. The van der Waals surface area contributed by atoms with Crippen molar-refractivity contribution in [2.45, 2.75) is 0 Å². The van der Waals surface area contributed by atoms with Gasteiger partial charge in [-0.15, -0.1) is 0 Å². The zero-order chi connectivity index (χ0) is 5.98. The highest BCUT2D eigenvalue weighted by Gasteiger charge is 1.86. The molecule has 1 nitrogen and oxygen atoms in total. The fourth-order valence-corrected chi connectivity index (χ4v) is 1.09. The zero-order valence-corrected chi connectivity index (χ0v) is 6.50. The number of aromatic nitrogens is 1. The Kier molecular flexibility index (Phi) is 1.73. The SMILES string of the molecule is C=Cn1cccc1I. The van der Waals surface area contributed by atoms with Crippen LogP contribution in [0.5, 0.6) is 0 Å². The second-order valence-corrected chi connectivity index (χ2v) is 2.53. The minimum absolute atomic E-state index is 1.19. The van der Waals surface area contributed by atoms with Crippen LogP contribution in [0, 0.1) is 3.70 Å². The van der Waals surface area contributed by atoms with E-state index in [9.17, 15) is 0 Å². The Labute approximate surface area is 62.2 Å². The third kappa shape index (κ3) is 0.940. The first-order valence-corrected chi connectivity index (χ1v) is 3.37. The molecule has 0 atom stereocenters. The minimum Gasteiger partial charge on any atom is -0.319 e. The lowest BCUT2D eigenvalue weighted by Crippen LogP contribution is -1.82. The van der Waals surface area contributed by atoms with E-state index < -0.39 is 0 Å². The van der Waals surface area contributed by atoms with Gasteiger partial charge in [0.15, 0.2) is 0 Å². The molecule has 1 aromatic rings. The van der Waals surface area contributed by atoms with Crippen LogP contribution in [-0.4, -0.2) is 4.57 Å². The Morgan fingerprint density at radius 3 is 2.75 bits per heavy atom. The van der Waals surface area contributed by atoms with E-state index >= 15 is 0 Å². The molecule has 2 heteroatoms. The van der Waals surface area contributed by atoms with Crippen LogP contribution in [0.2, 0.25) is 0 Å². The Balaban J connectivity index is 3.09. The average molecular weight is 219 g/mol. The Hall–Kier alpha value is -0.250. The van der Waals surface area contributed by atoms with Gasteiger partial charge in [0.1, 0.15) is 0 Å². The largest absolute Gasteiger partial charge is 0.319 e. The summed E-state index contributed by atoms with van der Waals surface area (Å²) in [6.45, 7) is 3.62. The van der Waals surface area contributed by atoms with E-state index in [0.717, 1.165) is 0 Å². The van der Waals surface area contributed by atoms with Crippen molar-refractivity contribution in [1.82, 2.24) is 4.57 Å². The van der Waals surface area contributed by atoms with Crippen LogP contribution in [0.15, 0.2) is 24.9 Å². The molecule has 0 bridgehead atoms. The summed E-state index contributed by atoms with van der Waals surface area (Å²) < 4.78 is 3.15. The van der Waals surface area contributed by atoms with E-state index in [4.69, 9.17) is 0 Å². The normalized spacial score (nSPS) is 9.12. The van der Waals surface area contributed by atoms with E-state index in [-0.39, 0.29) is 0 Å². The minimum atomic E-state index is 1.19. The molecule has 0 saturated heterocycles. The molecule has 1 rings (SSSR count). The first kappa shape index (κ1) is 5.88. The van der Waals surface area contributed by atoms with Gasteiger partial charge in [0.2, 0.25) is 0 Å². The van der Waals surface area contributed by atoms with E-state index in [1.54, 1.807) is 6.20 Å². The van der Waals surface area contributed by atoms with Crippen LogP contribution >= 0.6 is 22.6 Å². The lowest BCUT2D eigenvalue weighted by atomic mass is 10.7. The van der Waals surface area contributed by atoms with Crippen LogP contribution in [0.25, 0.3) is 6.20 Å². The van der Waals surface area contributed by atoms with Crippen LogP contribution in [-0.2, 0) is 0 Å². The Morgan fingerprint density at radius 1 is 1.75 bits per heavy atom. The molecule has 0 radical (unpaired) electrons. The van der Waals surface area contributed by atoms with Gasteiger partial charge in [-0.2, -0.15) is 0 Å². The van der Waals surface area contributed by atoms with E-state index in [0.29, 0.717) is 0 Å². The molecule has 42 valence electrons. The van der Waals surface area contributed by atoms with Gasteiger partial charge in [-0.3, -0.25) is 0 Å². The molecule has 0 aliphatic carbocycles. The zero-order valence-electron chi connectivity index (χ0n) is 4.34. The van der Waals surface area contributed by atoms with Gasteiger partial charge in [0.05, 0.1) is 3.70 Å². The number of halogens is 1. The third-order valence-corrected chi connectivity index (χ3v) is 1.84. The second-order valence-electron chi connectivity index (χ2n) is 1.42. The molecule has 0 spiro atoms. The number of hydrogen-bond donors (Lipinski definition) is 0. The fourth-order valence-electron chi connectivity index (χ4n) is 0.520. The van der Waals surface area contributed by atoms with Crippen molar-refractivity contribution < 1.29 is 0 Å². The van der Waals surface area contributed by atoms with Crippen LogP contribution in [0.4, 0.5) is 0 Å². The lowest BCUT2D eigenvalue weighted by molar-refractivity contribution is 1.13. The quantitative estimate of drug-likeness (QED) is 0.638. The van der Waals surface area contributed by atoms with Crippen molar-refractivity contribution in [3.8, 4) is 0 Å². The van der Waals surface area contributed by atoms with Gasteiger partial charge in [0.25, 0.3) is 0 Å². The van der Waals surface area contributed by atoms with Crippen molar-refractivity contribution >= 4 is 28.8 Å². The van der Waals surface area contributed by atoms with Gasteiger partial charge in [0, 0.05) is 12.4 Å². The molecule has 8 heavy (non-hydrogen) atoms. The molecule has 0 amide bonds. The van der Waals surface area contributed by atoms with Crippen molar-refractivity contribution in [1.29, 1.82) is 0 Å². The first-order chi connectivity index (χ1) is 3.84. The maximum Gasteiger partial charge on any atom is 0.0838 e. The maximum absolute atomic E-state index is 3.62. The molecule has 0 saturated carbocycles. The summed E-state index contributed by atoms with van der Waals surface area (Å²) in [5.74, 6) is 0. The molecule has 1 aromatic heterocycles. The van der Waals surface area contributed by atoms with Crippen LogP contribution < -0.4 is 0 Å². The smallest absolute Gasteiger partial charge is 0.0838 e. The lowest BCUT2D eigenvalue weighted by Gasteiger charge is -1.90. The summed E-state index contributed by atoms with van der Waals surface area (Å²) in [6, 6.07) is 4.02. The van der Waals surface area contributed by atoms with Crippen molar-refractivity contribution in [3.05, 3.63) is 28.6 Å². The standard InChI is InChI=1S/C6H6IN/c1-2-8-5-3-4-6(8)7/h2-5H,1H2. The van der Waals surface area contributed by atoms with Gasteiger partial charge >= 0.3 is 0 Å².